The van der Waals surface area contributed by atoms with E-state index in [4.69, 9.17) is 14.5 Å². The van der Waals surface area contributed by atoms with Crippen molar-refractivity contribution in [2.45, 2.75) is 31.0 Å². The largest absolute Gasteiger partial charge is 0.497 e. The number of aryl methyl sites for hydroxylation is 2. The van der Waals surface area contributed by atoms with Gasteiger partial charge in [-0.1, -0.05) is 30.0 Å². The number of methoxy groups -OCH3 is 2. The predicted molar refractivity (Wildman–Crippen MR) is 115 cm³/mol. The minimum absolute atomic E-state index is 0.113. The number of ether oxygens (including phenoxy) is 2. The highest BCUT2D eigenvalue weighted by Gasteiger charge is 2.18. The number of carbonyl (C=O) groups excluding carboxylic acids is 1. The van der Waals surface area contributed by atoms with Crippen LogP contribution in [0, 0.1) is 13.8 Å². The number of pyridine rings is 1. The van der Waals surface area contributed by atoms with Crippen molar-refractivity contribution in [3.8, 4) is 11.5 Å². The molecule has 146 valence electrons. The Hall–Kier alpha value is -2.73. The molecule has 0 aliphatic carbocycles. The molecule has 5 nitrogen and oxygen atoms in total. The summed E-state index contributed by atoms with van der Waals surface area (Å²) >= 11 is 1.44. The molecule has 6 heteroatoms. The van der Waals surface area contributed by atoms with Gasteiger partial charge in [-0.2, -0.15) is 0 Å². The van der Waals surface area contributed by atoms with Crippen LogP contribution in [-0.4, -0.2) is 30.4 Å². The van der Waals surface area contributed by atoms with Gasteiger partial charge in [0.2, 0.25) is 5.91 Å². The monoisotopic (exact) mass is 396 g/mol. The first-order chi connectivity index (χ1) is 13.4. The molecule has 3 rings (SSSR count). The number of amides is 1. The molecule has 1 atom stereocenters. The van der Waals surface area contributed by atoms with Gasteiger partial charge in [-0.3, -0.25) is 4.79 Å². The van der Waals surface area contributed by atoms with Crippen LogP contribution in [0.15, 0.2) is 47.5 Å². The Balaban J connectivity index is 1.78. The number of nitrogens with one attached hydrogen (secondary N) is 1. The Labute approximate surface area is 169 Å². The molecule has 2 aromatic carbocycles. The summed E-state index contributed by atoms with van der Waals surface area (Å²) in [6.45, 7) is 5.99. The van der Waals surface area contributed by atoms with Crippen molar-refractivity contribution in [1.82, 2.24) is 4.98 Å². The maximum absolute atomic E-state index is 12.7. The van der Waals surface area contributed by atoms with Crippen LogP contribution in [0.4, 0.5) is 5.69 Å². The molecule has 28 heavy (non-hydrogen) atoms. The first-order valence-electron chi connectivity index (χ1n) is 8.99. The molecule has 0 saturated heterocycles. The summed E-state index contributed by atoms with van der Waals surface area (Å²) < 4.78 is 10.5. The maximum atomic E-state index is 12.7. The lowest BCUT2D eigenvalue weighted by Crippen LogP contribution is -2.22. The van der Waals surface area contributed by atoms with Gasteiger partial charge < -0.3 is 14.8 Å². The second-order valence-corrected chi connectivity index (χ2v) is 7.93. The Kier molecular flexibility index (Phi) is 6.09. The number of benzene rings is 2. The number of hydrogen-bond acceptors (Lipinski definition) is 5. The van der Waals surface area contributed by atoms with Gasteiger partial charge in [-0.15, -0.1) is 0 Å². The van der Waals surface area contributed by atoms with Crippen LogP contribution in [0.3, 0.4) is 0 Å². The Bertz CT molecular complexity index is 1020. The zero-order valence-corrected chi connectivity index (χ0v) is 17.5. The van der Waals surface area contributed by atoms with E-state index in [0.29, 0.717) is 17.2 Å². The molecule has 1 amide bonds. The molecular weight excluding hydrogens is 372 g/mol. The van der Waals surface area contributed by atoms with E-state index >= 15 is 0 Å². The number of anilines is 1. The highest BCUT2D eigenvalue weighted by molar-refractivity contribution is 8.00. The van der Waals surface area contributed by atoms with Crippen molar-refractivity contribution in [2.24, 2.45) is 0 Å². The lowest BCUT2D eigenvalue weighted by Gasteiger charge is -2.15. The minimum Gasteiger partial charge on any atom is -0.497 e. The molecule has 1 N–H and O–H groups in total. The molecule has 0 saturated carbocycles. The highest BCUT2D eigenvalue weighted by Crippen LogP contribution is 2.31. The van der Waals surface area contributed by atoms with Gasteiger partial charge in [-0.05, 0) is 50.1 Å². The van der Waals surface area contributed by atoms with Crippen molar-refractivity contribution in [3.63, 3.8) is 0 Å². The Morgan fingerprint density at radius 1 is 1.07 bits per heavy atom. The standard InChI is InChI=1S/C22H24N2O3S/c1-13-7-6-8-17-14(2)11-20(24-21(13)17)28-15(3)22(25)23-18-10-9-16(26-4)12-19(18)27-5/h6-12,15H,1-5H3,(H,23,25). The van der Waals surface area contributed by atoms with Gasteiger partial charge in [0.1, 0.15) is 11.5 Å². The molecule has 0 radical (unpaired) electrons. The second kappa shape index (κ2) is 8.52. The third kappa shape index (κ3) is 4.22. The zero-order valence-electron chi connectivity index (χ0n) is 16.7. The lowest BCUT2D eigenvalue weighted by molar-refractivity contribution is -0.115. The van der Waals surface area contributed by atoms with Gasteiger partial charge in [0.15, 0.2) is 0 Å². The molecule has 0 bridgehead atoms. The van der Waals surface area contributed by atoms with Crippen LogP contribution in [0.1, 0.15) is 18.1 Å². The molecule has 0 aliphatic heterocycles. The van der Waals surface area contributed by atoms with Gasteiger partial charge in [0.25, 0.3) is 0 Å². The molecule has 0 aliphatic rings. The first-order valence-corrected chi connectivity index (χ1v) is 9.87. The maximum Gasteiger partial charge on any atom is 0.237 e. The summed E-state index contributed by atoms with van der Waals surface area (Å²) in [7, 11) is 3.15. The molecular formula is C22H24N2O3S. The summed E-state index contributed by atoms with van der Waals surface area (Å²) in [5, 5.41) is 4.59. The number of para-hydroxylation sites is 1. The minimum atomic E-state index is -0.319. The number of hydrogen-bond donors (Lipinski definition) is 1. The summed E-state index contributed by atoms with van der Waals surface area (Å²) in [6.07, 6.45) is 0. The van der Waals surface area contributed by atoms with E-state index in [1.807, 2.05) is 19.1 Å². The topological polar surface area (TPSA) is 60.5 Å². The average molecular weight is 397 g/mol. The molecule has 0 fully saturated rings. The van der Waals surface area contributed by atoms with Crippen molar-refractivity contribution in [3.05, 3.63) is 53.6 Å². The third-order valence-electron chi connectivity index (χ3n) is 4.56. The van der Waals surface area contributed by atoms with E-state index in [0.717, 1.165) is 27.1 Å². The quantitative estimate of drug-likeness (QED) is 0.595. The van der Waals surface area contributed by atoms with E-state index in [1.165, 1.54) is 11.8 Å². The van der Waals surface area contributed by atoms with Crippen LogP contribution < -0.4 is 14.8 Å². The summed E-state index contributed by atoms with van der Waals surface area (Å²) in [6, 6.07) is 13.5. The van der Waals surface area contributed by atoms with E-state index in [1.54, 1.807) is 32.4 Å². The van der Waals surface area contributed by atoms with Crippen LogP contribution in [0.25, 0.3) is 10.9 Å². The number of rotatable bonds is 6. The van der Waals surface area contributed by atoms with Gasteiger partial charge in [0.05, 0.1) is 35.7 Å². The average Bonchev–Trinajstić information content (AvgIpc) is 2.69. The number of carbonyl (C=O) groups is 1. The molecule has 1 unspecified atom stereocenters. The van der Waals surface area contributed by atoms with E-state index in [9.17, 15) is 4.79 Å². The SMILES string of the molecule is COc1ccc(NC(=O)C(C)Sc2cc(C)c3cccc(C)c3n2)c(OC)c1. The smallest absolute Gasteiger partial charge is 0.237 e. The molecule has 3 aromatic rings. The van der Waals surface area contributed by atoms with Crippen molar-refractivity contribution in [1.29, 1.82) is 0 Å². The summed E-state index contributed by atoms with van der Waals surface area (Å²) in [5.41, 5.74) is 3.87. The van der Waals surface area contributed by atoms with Gasteiger partial charge in [-0.25, -0.2) is 4.98 Å². The second-order valence-electron chi connectivity index (χ2n) is 6.56. The highest BCUT2D eigenvalue weighted by atomic mass is 32.2. The van der Waals surface area contributed by atoms with Crippen LogP contribution in [0.2, 0.25) is 0 Å². The number of nitrogens with zero attached hydrogens (tertiary/aromatic N) is 1. The third-order valence-corrected chi connectivity index (χ3v) is 5.58. The van der Waals surface area contributed by atoms with E-state index < -0.39 is 0 Å². The van der Waals surface area contributed by atoms with Crippen LogP contribution >= 0.6 is 11.8 Å². The lowest BCUT2D eigenvalue weighted by atomic mass is 10.1. The molecule has 1 heterocycles. The fourth-order valence-corrected chi connectivity index (χ4v) is 3.88. The number of thioether (sulfide) groups is 1. The molecule has 0 spiro atoms. The normalized spacial score (nSPS) is 11.9. The zero-order chi connectivity index (χ0) is 20.3. The summed E-state index contributed by atoms with van der Waals surface area (Å²) in [5.74, 6) is 1.11. The van der Waals surface area contributed by atoms with Crippen molar-refractivity contribution < 1.29 is 14.3 Å². The van der Waals surface area contributed by atoms with Crippen LogP contribution in [0.5, 0.6) is 11.5 Å². The predicted octanol–water partition coefficient (Wildman–Crippen LogP) is 4.99. The van der Waals surface area contributed by atoms with Gasteiger partial charge >= 0.3 is 0 Å². The fourth-order valence-electron chi connectivity index (χ4n) is 2.96. The van der Waals surface area contributed by atoms with Gasteiger partial charge in [0, 0.05) is 11.5 Å². The van der Waals surface area contributed by atoms with E-state index in [-0.39, 0.29) is 11.2 Å². The first kappa shape index (κ1) is 20.0. The van der Waals surface area contributed by atoms with Crippen LogP contribution in [-0.2, 0) is 4.79 Å². The van der Waals surface area contributed by atoms with Crippen molar-refractivity contribution in [2.75, 3.05) is 19.5 Å². The number of aromatic nitrogens is 1. The van der Waals surface area contributed by atoms with E-state index in [2.05, 4.69) is 31.3 Å². The van der Waals surface area contributed by atoms with Crippen molar-refractivity contribution >= 4 is 34.3 Å². The Morgan fingerprint density at radius 2 is 1.86 bits per heavy atom. The Morgan fingerprint density at radius 3 is 2.57 bits per heavy atom. The number of fused-ring (bicyclic) bond motifs is 1. The fraction of sp³-hybridized carbons (Fsp3) is 0.273. The molecule has 1 aromatic heterocycles. The summed E-state index contributed by atoms with van der Waals surface area (Å²) in [4.78, 5) is 17.5.